The lowest BCUT2D eigenvalue weighted by Gasteiger charge is -2.27. The number of nitrogens with zero attached hydrogens (tertiary/aromatic N) is 1. The third-order valence-corrected chi connectivity index (χ3v) is 4.13. The van der Waals surface area contributed by atoms with E-state index in [0.29, 0.717) is 12.2 Å². The highest BCUT2D eigenvalue weighted by Gasteiger charge is 2.34. The van der Waals surface area contributed by atoms with Crippen LogP contribution in [0.3, 0.4) is 0 Å². The highest BCUT2D eigenvalue weighted by Crippen LogP contribution is 2.29. The predicted molar refractivity (Wildman–Crippen MR) is 86.9 cm³/mol. The summed E-state index contributed by atoms with van der Waals surface area (Å²) in [5.74, 6) is -0.00870. The van der Waals surface area contributed by atoms with E-state index in [-0.39, 0.29) is 29.6 Å². The van der Waals surface area contributed by atoms with E-state index in [1.165, 1.54) is 0 Å². The van der Waals surface area contributed by atoms with E-state index in [1.54, 1.807) is 6.07 Å². The first-order valence-corrected chi connectivity index (χ1v) is 7.27. The van der Waals surface area contributed by atoms with Crippen molar-refractivity contribution in [2.75, 3.05) is 6.54 Å². The van der Waals surface area contributed by atoms with Gasteiger partial charge in [0, 0.05) is 18.2 Å². The molecule has 0 unspecified atom stereocenters. The Kier molecular flexibility index (Phi) is 5.21. The maximum absolute atomic E-state index is 12.3. The van der Waals surface area contributed by atoms with Crippen molar-refractivity contribution in [2.24, 2.45) is 5.73 Å². The molecule has 0 bridgehead atoms. The highest BCUT2D eigenvalue weighted by molar-refractivity contribution is 5.93. The van der Waals surface area contributed by atoms with E-state index in [4.69, 9.17) is 10.3 Å². The number of halogens is 1. The molecule has 0 aliphatic heterocycles. The lowest BCUT2D eigenvalue weighted by molar-refractivity contribution is 0.0865. The minimum Gasteiger partial charge on any atom is -0.350 e. The van der Waals surface area contributed by atoms with Gasteiger partial charge in [0.15, 0.2) is 0 Å². The average Bonchev–Trinajstić information content (AvgIpc) is 3.18. The van der Waals surface area contributed by atoms with Crippen molar-refractivity contribution in [3.8, 4) is 11.3 Å². The molecule has 1 amide bonds. The first-order chi connectivity index (χ1) is 10.2. The maximum Gasteiger partial charge on any atom is 0.290 e. The monoisotopic (exact) mass is 321 g/mol. The zero-order valence-electron chi connectivity index (χ0n) is 12.2. The molecular weight excluding hydrogens is 302 g/mol. The van der Waals surface area contributed by atoms with Gasteiger partial charge in [-0.25, -0.2) is 0 Å². The van der Waals surface area contributed by atoms with Crippen LogP contribution in [0.5, 0.6) is 0 Å². The molecule has 1 aliphatic rings. The van der Waals surface area contributed by atoms with Gasteiger partial charge < -0.3 is 15.6 Å². The zero-order chi connectivity index (χ0) is 14.7. The number of carbonyl (C=O) groups excluding carboxylic acids is 1. The molecule has 3 N–H and O–H groups in total. The Labute approximate surface area is 135 Å². The summed E-state index contributed by atoms with van der Waals surface area (Å²) < 4.78 is 5.18. The van der Waals surface area contributed by atoms with Crippen molar-refractivity contribution >= 4 is 18.3 Å². The molecule has 0 saturated heterocycles. The second-order valence-corrected chi connectivity index (χ2v) is 5.59. The van der Waals surface area contributed by atoms with Crippen LogP contribution >= 0.6 is 12.4 Å². The third-order valence-electron chi connectivity index (χ3n) is 4.13. The summed E-state index contributed by atoms with van der Waals surface area (Å²) in [6.45, 7) is 0.457. The normalized spacial score (nSPS) is 16.0. The van der Waals surface area contributed by atoms with Gasteiger partial charge in [0.1, 0.15) is 5.69 Å². The fraction of sp³-hybridized carbons (Fsp3) is 0.375. The van der Waals surface area contributed by atoms with Gasteiger partial charge in [-0.05, 0) is 12.8 Å². The Balaban J connectivity index is 0.00000176. The van der Waals surface area contributed by atoms with Crippen molar-refractivity contribution in [2.45, 2.75) is 31.2 Å². The predicted octanol–water partition coefficient (Wildman–Crippen LogP) is 2.76. The van der Waals surface area contributed by atoms with Gasteiger partial charge in [-0.3, -0.25) is 4.79 Å². The van der Waals surface area contributed by atoms with Crippen LogP contribution in [0.1, 0.15) is 36.2 Å². The molecule has 3 rings (SSSR count). The van der Waals surface area contributed by atoms with Crippen LogP contribution in [-0.2, 0) is 0 Å². The average molecular weight is 322 g/mol. The molecule has 6 heteroatoms. The molecule has 5 nitrogen and oxygen atoms in total. The summed E-state index contributed by atoms with van der Waals surface area (Å²) in [5.41, 5.74) is 7.14. The Hall–Kier alpha value is -1.85. The number of rotatable bonds is 4. The fourth-order valence-corrected chi connectivity index (χ4v) is 2.86. The molecular formula is C16H20ClN3O2. The van der Waals surface area contributed by atoms with Gasteiger partial charge in [0.05, 0.1) is 5.54 Å². The second-order valence-electron chi connectivity index (χ2n) is 5.59. The molecule has 1 aromatic heterocycles. The zero-order valence-corrected chi connectivity index (χ0v) is 13.1. The van der Waals surface area contributed by atoms with Gasteiger partial charge in [0.2, 0.25) is 5.76 Å². The number of nitrogens with two attached hydrogens (primary N) is 1. The molecule has 1 heterocycles. The summed E-state index contributed by atoms with van der Waals surface area (Å²) in [6.07, 6.45) is 4.05. The maximum atomic E-state index is 12.3. The standard InChI is InChI=1S/C16H19N3O2.ClH/c17-11-16(8-4-5-9-16)18-15(20)14-10-13(19-21-14)12-6-2-1-3-7-12;/h1-3,6-7,10H,4-5,8-9,11,17H2,(H,18,20);1H. The molecule has 118 valence electrons. The Bertz CT molecular complexity index is 621. The smallest absolute Gasteiger partial charge is 0.290 e. The van der Waals surface area contributed by atoms with E-state index in [1.807, 2.05) is 30.3 Å². The molecule has 1 aromatic carbocycles. The topological polar surface area (TPSA) is 81.1 Å². The fourth-order valence-electron chi connectivity index (χ4n) is 2.86. The van der Waals surface area contributed by atoms with Gasteiger partial charge >= 0.3 is 0 Å². The Morgan fingerprint density at radius 1 is 1.27 bits per heavy atom. The minimum absolute atomic E-state index is 0. The van der Waals surface area contributed by atoms with Gasteiger partial charge in [-0.2, -0.15) is 0 Å². The number of carbonyl (C=O) groups is 1. The molecule has 0 spiro atoms. The number of benzene rings is 1. The molecule has 2 aromatic rings. The van der Waals surface area contributed by atoms with Gasteiger partial charge in [-0.15, -0.1) is 12.4 Å². The lowest BCUT2D eigenvalue weighted by atomic mass is 9.97. The van der Waals surface area contributed by atoms with E-state index < -0.39 is 0 Å². The van der Waals surface area contributed by atoms with Crippen LogP contribution < -0.4 is 11.1 Å². The van der Waals surface area contributed by atoms with Crippen LogP contribution in [0.15, 0.2) is 40.9 Å². The van der Waals surface area contributed by atoms with Gasteiger partial charge in [-0.1, -0.05) is 48.3 Å². The van der Waals surface area contributed by atoms with Crippen molar-refractivity contribution in [1.29, 1.82) is 0 Å². The van der Waals surface area contributed by atoms with Crippen LogP contribution in [-0.4, -0.2) is 23.1 Å². The second kappa shape index (κ2) is 6.94. The van der Waals surface area contributed by atoms with E-state index in [0.717, 1.165) is 31.2 Å². The minimum atomic E-state index is -0.281. The summed E-state index contributed by atoms with van der Waals surface area (Å²) in [7, 11) is 0. The van der Waals surface area contributed by atoms with E-state index >= 15 is 0 Å². The van der Waals surface area contributed by atoms with E-state index in [2.05, 4.69) is 10.5 Å². The summed E-state index contributed by atoms with van der Waals surface area (Å²) in [6, 6.07) is 11.3. The molecule has 0 atom stereocenters. The lowest BCUT2D eigenvalue weighted by Crippen LogP contribution is -2.51. The molecule has 1 fully saturated rings. The summed E-state index contributed by atoms with van der Waals surface area (Å²) in [5, 5.41) is 6.99. The van der Waals surface area contributed by atoms with Crippen LogP contribution in [0, 0.1) is 0 Å². The van der Waals surface area contributed by atoms with Crippen LogP contribution in [0.25, 0.3) is 11.3 Å². The summed E-state index contributed by atoms with van der Waals surface area (Å²) >= 11 is 0. The quantitative estimate of drug-likeness (QED) is 0.907. The van der Waals surface area contributed by atoms with Crippen molar-refractivity contribution in [1.82, 2.24) is 10.5 Å². The molecule has 22 heavy (non-hydrogen) atoms. The number of amides is 1. The van der Waals surface area contributed by atoms with Gasteiger partial charge in [0.25, 0.3) is 5.91 Å². The SMILES string of the molecule is Cl.NCC1(NC(=O)c2cc(-c3ccccc3)no2)CCCC1. The largest absolute Gasteiger partial charge is 0.350 e. The third kappa shape index (κ3) is 3.31. The van der Waals surface area contributed by atoms with Crippen LogP contribution in [0.4, 0.5) is 0 Å². The molecule has 0 radical (unpaired) electrons. The Morgan fingerprint density at radius 2 is 1.95 bits per heavy atom. The van der Waals surface area contributed by atoms with Crippen molar-refractivity contribution in [3.63, 3.8) is 0 Å². The van der Waals surface area contributed by atoms with Crippen molar-refractivity contribution < 1.29 is 9.32 Å². The number of hydrogen-bond donors (Lipinski definition) is 2. The highest BCUT2D eigenvalue weighted by atomic mass is 35.5. The Morgan fingerprint density at radius 3 is 2.59 bits per heavy atom. The van der Waals surface area contributed by atoms with Crippen LogP contribution in [0.2, 0.25) is 0 Å². The van der Waals surface area contributed by atoms with E-state index in [9.17, 15) is 4.79 Å². The number of nitrogens with one attached hydrogen (secondary N) is 1. The first kappa shape index (κ1) is 16.5. The number of aromatic nitrogens is 1. The number of hydrogen-bond acceptors (Lipinski definition) is 4. The molecule has 1 saturated carbocycles. The van der Waals surface area contributed by atoms with Crippen molar-refractivity contribution in [3.05, 3.63) is 42.2 Å². The first-order valence-electron chi connectivity index (χ1n) is 7.27. The summed E-state index contributed by atoms with van der Waals surface area (Å²) in [4.78, 5) is 12.3. The molecule has 1 aliphatic carbocycles.